The van der Waals surface area contributed by atoms with Crippen LogP contribution in [0.15, 0.2) is 18.2 Å². The molecule has 0 radical (unpaired) electrons. The number of nitrogens with one attached hydrogen (secondary N) is 1. The summed E-state index contributed by atoms with van der Waals surface area (Å²) in [6, 6.07) is 5.32. The molecule has 3 rings (SSSR count). The first kappa shape index (κ1) is 21.5. The predicted molar refractivity (Wildman–Crippen MR) is 115 cm³/mol. The van der Waals surface area contributed by atoms with Crippen LogP contribution in [0.25, 0.3) is 0 Å². The number of nitrogens with two attached hydrogens (primary N) is 2. The highest BCUT2D eigenvalue weighted by atomic mass is 35.5. The molecule has 1 aliphatic carbocycles. The number of rotatable bonds is 7. The third-order valence-corrected chi connectivity index (χ3v) is 6.27. The van der Waals surface area contributed by atoms with Crippen molar-refractivity contribution in [2.24, 2.45) is 17.6 Å². The van der Waals surface area contributed by atoms with Crippen LogP contribution in [0.1, 0.15) is 36.9 Å². The lowest BCUT2D eigenvalue weighted by Crippen LogP contribution is -2.23. The zero-order chi connectivity index (χ0) is 21.0. The lowest BCUT2D eigenvalue weighted by Gasteiger charge is -2.27. The van der Waals surface area contributed by atoms with E-state index in [1.54, 1.807) is 12.1 Å². The van der Waals surface area contributed by atoms with Gasteiger partial charge in [0.15, 0.2) is 0 Å². The highest BCUT2D eigenvalue weighted by molar-refractivity contribution is 6.42. The maximum atomic E-state index is 11.5. The van der Waals surface area contributed by atoms with E-state index in [1.165, 1.54) is 0 Å². The van der Waals surface area contributed by atoms with E-state index < -0.39 is 4.92 Å². The molecule has 29 heavy (non-hydrogen) atoms. The summed E-state index contributed by atoms with van der Waals surface area (Å²) in [5.41, 5.74) is 12.6. The quantitative estimate of drug-likeness (QED) is 0.435. The number of halogens is 2. The number of nitro groups is 1. The van der Waals surface area contributed by atoms with Crippen LogP contribution in [0.2, 0.25) is 10.0 Å². The molecule has 1 aromatic carbocycles. The van der Waals surface area contributed by atoms with E-state index in [0.717, 1.165) is 31.2 Å². The summed E-state index contributed by atoms with van der Waals surface area (Å²) < 4.78 is 0. The molecule has 8 nitrogen and oxygen atoms in total. The van der Waals surface area contributed by atoms with Gasteiger partial charge in [-0.1, -0.05) is 35.3 Å². The average Bonchev–Trinajstić information content (AvgIpc) is 2.69. The van der Waals surface area contributed by atoms with Gasteiger partial charge in [0, 0.05) is 6.54 Å². The minimum atomic E-state index is -0.506. The van der Waals surface area contributed by atoms with Crippen molar-refractivity contribution in [1.29, 1.82) is 0 Å². The summed E-state index contributed by atoms with van der Waals surface area (Å²) >= 11 is 12.2. The molecule has 0 spiro atoms. The largest absolute Gasteiger partial charge is 0.378 e. The first-order valence-corrected chi connectivity index (χ1v) is 10.3. The van der Waals surface area contributed by atoms with Gasteiger partial charge in [0.2, 0.25) is 11.8 Å². The van der Waals surface area contributed by atoms with Crippen molar-refractivity contribution in [3.8, 4) is 0 Å². The van der Waals surface area contributed by atoms with Crippen LogP contribution >= 0.6 is 23.2 Å². The van der Waals surface area contributed by atoms with Crippen LogP contribution in [0.3, 0.4) is 0 Å². The van der Waals surface area contributed by atoms with Crippen molar-refractivity contribution in [3.05, 3.63) is 49.6 Å². The zero-order valence-corrected chi connectivity index (χ0v) is 17.4. The van der Waals surface area contributed by atoms with E-state index in [2.05, 4.69) is 15.3 Å². The van der Waals surface area contributed by atoms with Crippen molar-refractivity contribution in [2.75, 3.05) is 17.6 Å². The maximum absolute atomic E-state index is 11.5. The molecule has 0 atom stereocenters. The molecule has 10 heteroatoms. The normalized spacial score (nSPS) is 19.1. The van der Waals surface area contributed by atoms with Gasteiger partial charge in [-0.25, -0.2) is 4.98 Å². The molecule has 5 N–H and O–H groups in total. The molecule has 0 amide bonds. The Labute approximate surface area is 179 Å². The van der Waals surface area contributed by atoms with E-state index in [9.17, 15) is 10.1 Å². The van der Waals surface area contributed by atoms with Gasteiger partial charge in [-0.2, -0.15) is 4.98 Å². The van der Waals surface area contributed by atoms with Gasteiger partial charge in [-0.05, 0) is 62.1 Å². The fourth-order valence-electron chi connectivity index (χ4n) is 3.74. The van der Waals surface area contributed by atoms with Crippen molar-refractivity contribution < 1.29 is 4.92 Å². The number of hydrogen-bond donors (Lipinski definition) is 3. The minimum Gasteiger partial charge on any atom is -0.378 e. The summed E-state index contributed by atoms with van der Waals surface area (Å²) in [4.78, 5) is 19.5. The van der Waals surface area contributed by atoms with Gasteiger partial charge in [0.1, 0.15) is 5.69 Å². The average molecular weight is 439 g/mol. The summed E-state index contributed by atoms with van der Waals surface area (Å²) in [7, 11) is 0. The van der Waals surface area contributed by atoms with E-state index in [0.29, 0.717) is 47.1 Å². The van der Waals surface area contributed by atoms with Crippen molar-refractivity contribution >= 4 is 40.7 Å². The predicted octanol–water partition coefficient (Wildman–Crippen LogP) is 4.19. The van der Waals surface area contributed by atoms with E-state index in [1.807, 2.05) is 6.07 Å². The Bertz CT molecular complexity index is 887. The van der Waals surface area contributed by atoms with Gasteiger partial charge in [0.05, 0.1) is 15.0 Å². The molecule has 0 saturated heterocycles. The molecule has 0 aliphatic heterocycles. The Kier molecular flexibility index (Phi) is 7.10. The molecule has 1 fully saturated rings. The third kappa shape index (κ3) is 5.26. The van der Waals surface area contributed by atoms with Gasteiger partial charge < -0.3 is 16.8 Å². The van der Waals surface area contributed by atoms with E-state index >= 15 is 0 Å². The summed E-state index contributed by atoms with van der Waals surface area (Å²) in [5, 5.41) is 15.5. The van der Waals surface area contributed by atoms with Crippen LogP contribution in [0.5, 0.6) is 0 Å². The first-order chi connectivity index (χ1) is 13.9. The topological polar surface area (TPSA) is 133 Å². The van der Waals surface area contributed by atoms with E-state index in [4.69, 9.17) is 34.7 Å². The molecular weight excluding hydrogens is 415 g/mol. The van der Waals surface area contributed by atoms with Crippen LogP contribution in [0, 0.1) is 22.0 Å². The fraction of sp³-hybridized carbons (Fsp3) is 0.474. The van der Waals surface area contributed by atoms with Crippen molar-refractivity contribution in [2.45, 2.75) is 38.6 Å². The Hall–Kier alpha value is -2.16. The molecule has 1 saturated carbocycles. The third-order valence-electron chi connectivity index (χ3n) is 5.42. The second-order valence-electron chi connectivity index (χ2n) is 7.38. The molecule has 1 heterocycles. The molecular formula is C19H24Cl2N6O2. The van der Waals surface area contributed by atoms with Crippen LogP contribution < -0.4 is 16.8 Å². The Morgan fingerprint density at radius 3 is 2.52 bits per heavy atom. The van der Waals surface area contributed by atoms with Gasteiger partial charge in [-0.15, -0.1) is 0 Å². The highest BCUT2D eigenvalue weighted by Gasteiger charge is 2.27. The van der Waals surface area contributed by atoms with E-state index in [-0.39, 0.29) is 17.5 Å². The molecule has 0 bridgehead atoms. The zero-order valence-electron chi connectivity index (χ0n) is 15.9. The van der Waals surface area contributed by atoms with Gasteiger partial charge in [-0.3, -0.25) is 10.1 Å². The molecule has 0 unspecified atom stereocenters. The molecule has 156 valence electrons. The molecule has 2 aromatic rings. The van der Waals surface area contributed by atoms with Crippen LogP contribution in [-0.4, -0.2) is 21.4 Å². The second-order valence-corrected chi connectivity index (χ2v) is 8.16. The Balaban J connectivity index is 1.78. The Morgan fingerprint density at radius 2 is 1.86 bits per heavy atom. The van der Waals surface area contributed by atoms with Gasteiger partial charge in [0.25, 0.3) is 0 Å². The molecule has 1 aliphatic rings. The summed E-state index contributed by atoms with van der Waals surface area (Å²) in [5.74, 6) is 0.947. The smallest absolute Gasteiger partial charge is 0.332 e. The number of nitrogens with zero attached hydrogens (tertiary/aromatic N) is 3. The Morgan fingerprint density at radius 1 is 1.17 bits per heavy atom. The van der Waals surface area contributed by atoms with Gasteiger partial charge >= 0.3 is 5.69 Å². The highest BCUT2D eigenvalue weighted by Crippen LogP contribution is 2.34. The van der Waals surface area contributed by atoms with Crippen LogP contribution in [-0.2, 0) is 13.0 Å². The van der Waals surface area contributed by atoms with Crippen molar-refractivity contribution in [1.82, 2.24) is 9.97 Å². The van der Waals surface area contributed by atoms with Crippen LogP contribution in [0.4, 0.5) is 17.5 Å². The number of hydrogen-bond acceptors (Lipinski definition) is 7. The van der Waals surface area contributed by atoms with Crippen molar-refractivity contribution in [3.63, 3.8) is 0 Å². The standard InChI is InChI=1S/C19H24Cl2N6O2/c20-14-3-1-2-13(16(14)21)10-24-19-25-15(17(27(28)29)18(23)26-19)8-11-4-6-12(9-22)7-5-11/h1-3,11-12H,4-10,22H2,(H3,23,24,25,26)/t11-,12-. The monoisotopic (exact) mass is 438 g/mol. The summed E-state index contributed by atoms with van der Waals surface area (Å²) in [6.07, 6.45) is 4.52. The lowest BCUT2D eigenvalue weighted by molar-refractivity contribution is -0.385. The number of nitrogen functional groups attached to an aromatic ring is 1. The minimum absolute atomic E-state index is 0.143. The fourth-order valence-corrected chi connectivity index (χ4v) is 4.13. The maximum Gasteiger partial charge on any atom is 0.332 e. The number of anilines is 2. The number of benzene rings is 1. The lowest BCUT2D eigenvalue weighted by atomic mass is 9.80. The number of aromatic nitrogens is 2. The molecule has 1 aromatic heterocycles. The second kappa shape index (κ2) is 9.56. The first-order valence-electron chi connectivity index (χ1n) is 9.56. The SMILES string of the molecule is NC[C@H]1CC[C@H](Cc2nc(NCc3cccc(Cl)c3Cl)nc(N)c2[N+](=O)[O-])CC1. The summed E-state index contributed by atoms with van der Waals surface area (Å²) in [6.45, 7) is 1.01.